The molecule has 12 heteroatoms. The quantitative estimate of drug-likeness (QED) is 0.433. The van der Waals surface area contributed by atoms with E-state index in [1.807, 2.05) is 0 Å². The molecular weight excluding hydrogens is 574 g/mol. The molecule has 0 amide bonds. The molecule has 0 aromatic heterocycles. The van der Waals surface area contributed by atoms with Gasteiger partial charge >= 0.3 is 0 Å². The maximum Gasteiger partial charge on any atom is 0.247 e. The number of benzene rings is 3. The summed E-state index contributed by atoms with van der Waals surface area (Å²) in [5.41, 5.74) is 0.970. The summed E-state index contributed by atoms with van der Waals surface area (Å²) >= 11 is 0. The number of hydrogen-bond donors (Lipinski definition) is 1. The predicted octanol–water partition coefficient (Wildman–Crippen LogP) is 3.45. The SMILES string of the molecule is C[C@@H]1CN([C@@H](C)CO)S(=O)(=O)c2ccc(C#Cc3ccc(F)cc3)cc2O[C@@H]1CN(C)S(=O)(=O)c1ccc(F)cc1. The Kier molecular flexibility index (Phi) is 9.16. The second-order valence-corrected chi connectivity index (χ2v) is 13.8. The van der Waals surface area contributed by atoms with Crippen LogP contribution in [0.2, 0.25) is 0 Å². The Balaban J connectivity index is 1.74. The van der Waals surface area contributed by atoms with Gasteiger partial charge < -0.3 is 9.84 Å². The molecule has 3 aromatic rings. The number of aliphatic hydroxyl groups is 1. The fourth-order valence-electron chi connectivity index (χ4n) is 4.34. The number of sulfonamides is 2. The predicted molar refractivity (Wildman–Crippen MR) is 149 cm³/mol. The van der Waals surface area contributed by atoms with Crippen LogP contribution in [0.3, 0.4) is 0 Å². The van der Waals surface area contributed by atoms with Crippen LogP contribution in [0.4, 0.5) is 8.78 Å². The van der Waals surface area contributed by atoms with E-state index in [4.69, 9.17) is 4.74 Å². The van der Waals surface area contributed by atoms with Gasteiger partial charge in [-0.1, -0.05) is 18.8 Å². The van der Waals surface area contributed by atoms with Gasteiger partial charge in [0.15, 0.2) is 0 Å². The Morgan fingerprint density at radius 2 is 1.59 bits per heavy atom. The lowest BCUT2D eigenvalue weighted by Gasteiger charge is -2.37. The highest BCUT2D eigenvalue weighted by molar-refractivity contribution is 7.89. The number of aliphatic hydroxyl groups excluding tert-OH is 1. The Bertz CT molecular complexity index is 1670. The largest absolute Gasteiger partial charge is 0.487 e. The van der Waals surface area contributed by atoms with Crippen LogP contribution in [0, 0.1) is 29.4 Å². The van der Waals surface area contributed by atoms with Crippen molar-refractivity contribution in [3.8, 4) is 17.6 Å². The zero-order valence-electron chi connectivity index (χ0n) is 22.7. The molecule has 0 saturated heterocycles. The molecule has 1 aliphatic heterocycles. The van der Waals surface area contributed by atoms with Crippen LogP contribution in [0.5, 0.6) is 5.75 Å². The molecule has 0 saturated carbocycles. The summed E-state index contributed by atoms with van der Waals surface area (Å²) in [7, 11) is -6.77. The molecule has 1 heterocycles. The van der Waals surface area contributed by atoms with Crippen molar-refractivity contribution >= 4 is 20.0 Å². The molecule has 41 heavy (non-hydrogen) atoms. The molecule has 0 bridgehead atoms. The van der Waals surface area contributed by atoms with E-state index in [1.54, 1.807) is 13.8 Å². The molecule has 218 valence electrons. The number of hydrogen-bond acceptors (Lipinski definition) is 6. The van der Waals surface area contributed by atoms with E-state index in [9.17, 15) is 30.7 Å². The minimum Gasteiger partial charge on any atom is -0.487 e. The first-order chi connectivity index (χ1) is 19.3. The second-order valence-electron chi connectivity index (χ2n) is 9.90. The van der Waals surface area contributed by atoms with E-state index in [-0.39, 0.29) is 28.6 Å². The van der Waals surface area contributed by atoms with E-state index >= 15 is 0 Å². The molecule has 0 unspecified atom stereocenters. The second kappa shape index (κ2) is 12.3. The highest BCUT2D eigenvalue weighted by atomic mass is 32.2. The third-order valence-corrected chi connectivity index (χ3v) is 10.7. The number of fused-ring (bicyclic) bond motifs is 1. The summed E-state index contributed by atoms with van der Waals surface area (Å²) in [6.07, 6.45) is -0.807. The summed E-state index contributed by atoms with van der Waals surface area (Å²) in [5, 5.41) is 9.83. The highest BCUT2D eigenvalue weighted by Gasteiger charge is 2.39. The molecule has 3 atom stereocenters. The lowest BCUT2D eigenvalue weighted by molar-refractivity contribution is 0.0904. The Morgan fingerprint density at radius 3 is 2.20 bits per heavy atom. The summed E-state index contributed by atoms with van der Waals surface area (Å²) in [5.74, 6) is 4.32. The van der Waals surface area contributed by atoms with Crippen molar-refractivity contribution in [2.45, 2.75) is 35.8 Å². The Labute approximate surface area is 239 Å². The van der Waals surface area contributed by atoms with Gasteiger partial charge in [0.2, 0.25) is 20.0 Å². The van der Waals surface area contributed by atoms with Crippen LogP contribution in [-0.4, -0.2) is 69.4 Å². The third kappa shape index (κ3) is 6.77. The number of rotatable bonds is 6. The number of nitrogens with zero attached hydrogens (tertiary/aromatic N) is 2. The van der Waals surface area contributed by atoms with Gasteiger partial charge in [0, 0.05) is 36.7 Å². The van der Waals surface area contributed by atoms with Gasteiger partial charge in [-0.25, -0.2) is 25.6 Å². The summed E-state index contributed by atoms with van der Waals surface area (Å²) in [4.78, 5) is -0.247. The summed E-state index contributed by atoms with van der Waals surface area (Å²) in [6, 6.07) is 13.6. The van der Waals surface area contributed by atoms with Gasteiger partial charge in [-0.15, -0.1) is 0 Å². The van der Waals surface area contributed by atoms with Gasteiger partial charge in [-0.2, -0.15) is 8.61 Å². The number of ether oxygens (including phenoxy) is 1. The molecule has 0 radical (unpaired) electrons. The smallest absolute Gasteiger partial charge is 0.247 e. The first kappa shape index (κ1) is 30.6. The van der Waals surface area contributed by atoms with Crippen LogP contribution in [0.25, 0.3) is 0 Å². The van der Waals surface area contributed by atoms with E-state index in [1.165, 1.54) is 66.0 Å². The lowest BCUT2D eigenvalue weighted by atomic mass is 10.0. The van der Waals surface area contributed by atoms with Crippen molar-refractivity contribution in [3.63, 3.8) is 0 Å². The van der Waals surface area contributed by atoms with Crippen molar-refractivity contribution in [2.24, 2.45) is 5.92 Å². The molecule has 1 aliphatic rings. The zero-order chi connectivity index (χ0) is 29.9. The van der Waals surface area contributed by atoms with Gasteiger partial charge in [-0.3, -0.25) is 0 Å². The van der Waals surface area contributed by atoms with E-state index in [0.29, 0.717) is 11.1 Å². The molecular formula is C29H30F2N2O6S2. The highest BCUT2D eigenvalue weighted by Crippen LogP contribution is 2.34. The summed E-state index contributed by atoms with van der Waals surface area (Å²) < 4.78 is 88.9. The van der Waals surface area contributed by atoms with Crippen molar-refractivity contribution in [3.05, 3.63) is 89.5 Å². The molecule has 1 N–H and O–H groups in total. The van der Waals surface area contributed by atoms with Crippen LogP contribution in [0.15, 0.2) is 76.5 Å². The number of likely N-dealkylation sites (N-methyl/N-ethyl adjacent to an activating group) is 1. The lowest BCUT2D eigenvalue weighted by Crippen LogP contribution is -2.50. The van der Waals surface area contributed by atoms with Crippen molar-refractivity contribution in [1.29, 1.82) is 0 Å². The van der Waals surface area contributed by atoms with Gasteiger partial charge in [0.1, 0.15) is 28.4 Å². The van der Waals surface area contributed by atoms with Crippen LogP contribution < -0.4 is 4.74 Å². The fourth-order valence-corrected chi connectivity index (χ4v) is 7.35. The molecule has 8 nitrogen and oxygen atoms in total. The maximum atomic E-state index is 13.7. The molecule has 4 rings (SSSR count). The fraction of sp³-hybridized carbons (Fsp3) is 0.310. The minimum absolute atomic E-state index is 0.0184. The zero-order valence-corrected chi connectivity index (χ0v) is 24.3. The van der Waals surface area contributed by atoms with Gasteiger partial charge in [0.25, 0.3) is 0 Å². The van der Waals surface area contributed by atoms with Crippen LogP contribution in [0.1, 0.15) is 25.0 Å². The van der Waals surface area contributed by atoms with Gasteiger partial charge in [-0.05, 0) is 73.7 Å². The van der Waals surface area contributed by atoms with E-state index in [0.717, 1.165) is 16.4 Å². The normalized spacial score (nSPS) is 19.7. The molecule has 0 fully saturated rings. The van der Waals surface area contributed by atoms with Crippen molar-refractivity contribution in [1.82, 2.24) is 8.61 Å². The monoisotopic (exact) mass is 604 g/mol. The number of halogens is 2. The molecule has 3 aromatic carbocycles. The topological polar surface area (TPSA) is 104 Å². The Hall–Kier alpha value is -3.34. The van der Waals surface area contributed by atoms with Crippen molar-refractivity contribution < 1.29 is 35.5 Å². The van der Waals surface area contributed by atoms with Crippen LogP contribution >= 0.6 is 0 Å². The first-order valence-corrected chi connectivity index (χ1v) is 15.6. The van der Waals surface area contributed by atoms with Crippen LogP contribution in [-0.2, 0) is 20.0 Å². The van der Waals surface area contributed by atoms with Crippen molar-refractivity contribution in [2.75, 3.05) is 26.7 Å². The maximum absolute atomic E-state index is 13.7. The third-order valence-electron chi connectivity index (χ3n) is 6.82. The molecule has 0 aliphatic carbocycles. The standard InChI is InChI=1S/C29H30F2N2O6S2/c1-20-17-33(21(2)19-34)41(37,38)29-15-8-23(5-4-22-6-9-24(30)10-7-22)16-27(29)39-28(20)18-32(3)40(35,36)26-13-11-25(31)12-14-26/h6-16,20-21,28,34H,17-19H2,1-3H3/t20-,21+,28-/m1/s1. The van der Waals surface area contributed by atoms with E-state index in [2.05, 4.69) is 11.8 Å². The van der Waals surface area contributed by atoms with Gasteiger partial charge in [0.05, 0.1) is 18.0 Å². The van der Waals surface area contributed by atoms with E-state index < -0.39 is 56.4 Å². The average Bonchev–Trinajstić information content (AvgIpc) is 2.94. The average molecular weight is 605 g/mol. The summed E-state index contributed by atoms with van der Waals surface area (Å²) in [6.45, 7) is 2.71. The first-order valence-electron chi connectivity index (χ1n) is 12.8. The molecule has 0 spiro atoms. The Morgan fingerprint density at radius 1 is 1.02 bits per heavy atom. The minimum atomic E-state index is -4.11.